The van der Waals surface area contributed by atoms with Crippen LogP contribution in [-0.2, 0) is 6.54 Å². The number of nitrogens with one attached hydrogen (secondary N) is 1. The number of nitrogens with zero attached hydrogens (tertiary/aromatic N) is 1. The summed E-state index contributed by atoms with van der Waals surface area (Å²) in [4.78, 5) is 17.8. The molecule has 0 fully saturated rings. The van der Waals surface area contributed by atoms with Crippen LogP contribution < -0.4 is 5.32 Å². The summed E-state index contributed by atoms with van der Waals surface area (Å²) in [5.41, 5.74) is 3.63. The molecule has 0 bridgehead atoms. The summed E-state index contributed by atoms with van der Waals surface area (Å²) < 4.78 is 0. The van der Waals surface area contributed by atoms with Crippen molar-refractivity contribution in [2.45, 2.75) is 20.4 Å². The van der Waals surface area contributed by atoms with E-state index in [2.05, 4.69) is 10.3 Å². The molecule has 0 unspecified atom stereocenters. The van der Waals surface area contributed by atoms with Gasteiger partial charge in [0.15, 0.2) is 0 Å². The van der Waals surface area contributed by atoms with E-state index in [0.717, 1.165) is 26.7 Å². The minimum Gasteiger partial charge on any atom is -0.347 e. The van der Waals surface area contributed by atoms with Gasteiger partial charge in [-0.15, -0.1) is 11.3 Å². The maximum Gasteiger partial charge on any atom is 0.251 e. The number of carbonyl (C=O) groups is 1. The van der Waals surface area contributed by atoms with Crippen molar-refractivity contribution in [2.75, 3.05) is 0 Å². The van der Waals surface area contributed by atoms with Crippen molar-refractivity contribution < 1.29 is 4.79 Å². The fraction of sp³-hybridized carbons (Fsp3) is 0.158. The maximum absolute atomic E-state index is 12.2. The molecule has 3 aromatic rings. The number of rotatable bonds is 4. The average Bonchev–Trinajstić information content (AvgIpc) is 2.94. The van der Waals surface area contributed by atoms with Crippen LogP contribution in [0.2, 0.25) is 5.02 Å². The summed E-state index contributed by atoms with van der Waals surface area (Å²) in [5.74, 6) is -0.0814. The number of aromatic nitrogens is 1. The van der Waals surface area contributed by atoms with Gasteiger partial charge in [0.25, 0.3) is 5.91 Å². The van der Waals surface area contributed by atoms with Gasteiger partial charge in [-0.05, 0) is 32.0 Å². The Morgan fingerprint density at radius 1 is 1.12 bits per heavy atom. The first-order chi connectivity index (χ1) is 11.5. The van der Waals surface area contributed by atoms with E-state index in [1.165, 1.54) is 0 Å². The van der Waals surface area contributed by atoms with Crippen LogP contribution in [0.1, 0.15) is 26.5 Å². The Hall–Kier alpha value is -2.17. The average molecular weight is 357 g/mol. The molecule has 0 aliphatic heterocycles. The molecule has 2 aromatic carbocycles. The third-order valence-corrected chi connectivity index (χ3v) is 5.24. The Bertz CT molecular complexity index is 871. The molecule has 0 spiro atoms. The van der Waals surface area contributed by atoms with E-state index in [4.69, 9.17) is 11.6 Å². The van der Waals surface area contributed by atoms with Crippen LogP contribution in [0.25, 0.3) is 10.6 Å². The number of amides is 1. The molecule has 5 heteroatoms. The molecule has 1 aromatic heterocycles. The van der Waals surface area contributed by atoms with E-state index in [1.807, 2.05) is 62.4 Å². The Morgan fingerprint density at radius 2 is 1.83 bits per heavy atom. The Balaban J connectivity index is 1.73. The van der Waals surface area contributed by atoms with Gasteiger partial charge < -0.3 is 5.32 Å². The molecule has 1 amide bonds. The van der Waals surface area contributed by atoms with E-state index >= 15 is 0 Å². The van der Waals surface area contributed by atoms with Gasteiger partial charge in [-0.25, -0.2) is 4.98 Å². The predicted octanol–water partition coefficient (Wildman–Crippen LogP) is 5.01. The van der Waals surface area contributed by atoms with Gasteiger partial charge >= 0.3 is 0 Å². The quantitative estimate of drug-likeness (QED) is 0.713. The van der Waals surface area contributed by atoms with Gasteiger partial charge in [0.2, 0.25) is 0 Å². The molecule has 3 rings (SSSR count). The number of thiazole rings is 1. The maximum atomic E-state index is 12.2. The Labute approximate surface area is 150 Å². The monoisotopic (exact) mass is 356 g/mol. The van der Waals surface area contributed by atoms with Crippen LogP contribution in [0.5, 0.6) is 0 Å². The highest BCUT2D eigenvalue weighted by molar-refractivity contribution is 7.15. The molecule has 122 valence electrons. The second-order valence-electron chi connectivity index (χ2n) is 5.56. The lowest BCUT2D eigenvalue weighted by Gasteiger charge is -2.04. The van der Waals surface area contributed by atoms with Crippen LogP contribution >= 0.6 is 22.9 Å². The predicted molar refractivity (Wildman–Crippen MR) is 99.6 cm³/mol. The molecule has 1 N–H and O–H groups in total. The van der Waals surface area contributed by atoms with Crippen molar-refractivity contribution in [1.29, 1.82) is 0 Å². The van der Waals surface area contributed by atoms with Gasteiger partial charge in [0.1, 0.15) is 5.01 Å². The number of aryl methyl sites for hydroxylation is 2. The minimum atomic E-state index is -0.0814. The molecule has 0 atom stereocenters. The minimum absolute atomic E-state index is 0.0814. The summed E-state index contributed by atoms with van der Waals surface area (Å²) in [6, 6.07) is 15.2. The SMILES string of the molecule is Cc1ccc(C(=O)NCc2sc(-c3ccccc3Cl)nc2C)cc1. The van der Waals surface area contributed by atoms with Gasteiger partial charge in [-0.2, -0.15) is 0 Å². The normalized spacial score (nSPS) is 10.6. The lowest BCUT2D eigenvalue weighted by molar-refractivity contribution is 0.0951. The number of hydrogen-bond donors (Lipinski definition) is 1. The zero-order chi connectivity index (χ0) is 17.1. The first-order valence-corrected chi connectivity index (χ1v) is 8.80. The molecule has 0 saturated carbocycles. The van der Waals surface area contributed by atoms with Crippen LogP contribution in [-0.4, -0.2) is 10.9 Å². The summed E-state index contributed by atoms with van der Waals surface area (Å²) in [6.07, 6.45) is 0. The Morgan fingerprint density at radius 3 is 2.54 bits per heavy atom. The molecule has 0 aliphatic carbocycles. The van der Waals surface area contributed by atoms with E-state index in [9.17, 15) is 4.79 Å². The highest BCUT2D eigenvalue weighted by atomic mass is 35.5. The highest BCUT2D eigenvalue weighted by Gasteiger charge is 2.13. The molecule has 1 heterocycles. The summed E-state index contributed by atoms with van der Waals surface area (Å²) >= 11 is 7.79. The fourth-order valence-electron chi connectivity index (χ4n) is 2.31. The first kappa shape index (κ1) is 16.7. The van der Waals surface area contributed by atoms with E-state index < -0.39 is 0 Å². The van der Waals surface area contributed by atoms with E-state index in [-0.39, 0.29) is 5.91 Å². The van der Waals surface area contributed by atoms with Gasteiger partial charge in [-0.3, -0.25) is 4.79 Å². The number of hydrogen-bond acceptors (Lipinski definition) is 3. The standard InChI is InChI=1S/C19H17ClN2OS/c1-12-7-9-14(10-8-12)18(23)21-11-17-13(2)22-19(24-17)15-5-3-4-6-16(15)20/h3-10H,11H2,1-2H3,(H,21,23). The van der Waals surface area contributed by atoms with Crippen molar-refractivity contribution in [3.8, 4) is 10.6 Å². The van der Waals surface area contributed by atoms with E-state index in [1.54, 1.807) is 11.3 Å². The molecular formula is C19H17ClN2OS. The van der Waals surface area contributed by atoms with Crippen LogP contribution in [0.4, 0.5) is 0 Å². The van der Waals surface area contributed by atoms with Crippen LogP contribution in [0.3, 0.4) is 0 Å². The molecule has 0 radical (unpaired) electrons. The van der Waals surface area contributed by atoms with Crippen LogP contribution in [0.15, 0.2) is 48.5 Å². The van der Waals surface area contributed by atoms with Crippen molar-refractivity contribution in [2.24, 2.45) is 0 Å². The van der Waals surface area contributed by atoms with Crippen molar-refractivity contribution in [3.05, 3.63) is 75.3 Å². The topological polar surface area (TPSA) is 42.0 Å². The summed E-state index contributed by atoms with van der Waals surface area (Å²) in [7, 11) is 0. The van der Waals surface area contributed by atoms with Crippen LogP contribution in [0, 0.1) is 13.8 Å². The fourth-order valence-corrected chi connectivity index (χ4v) is 3.63. The summed E-state index contributed by atoms with van der Waals surface area (Å²) in [6.45, 7) is 4.41. The largest absolute Gasteiger partial charge is 0.347 e. The second-order valence-corrected chi connectivity index (χ2v) is 7.05. The van der Waals surface area contributed by atoms with Gasteiger partial charge in [0, 0.05) is 16.0 Å². The third-order valence-electron chi connectivity index (χ3n) is 3.72. The van der Waals surface area contributed by atoms with Gasteiger partial charge in [-0.1, -0.05) is 47.5 Å². The van der Waals surface area contributed by atoms with Gasteiger partial charge in [0.05, 0.1) is 17.3 Å². The zero-order valence-corrected chi connectivity index (χ0v) is 15.0. The molecule has 3 nitrogen and oxygen atoms in total. The van der Waals surface area contributed by atoms with Crippen molar-refractivity contribution >= 4 is 28.8 Å². The number of halogens is 1. The lowest BCUT2D eigenvalue weighted by atomic mass is 10.1. The zero-order valence-electron chi connectivity index (χ0n) is 13.5. The lowest BCUT2D eigenvalue weighted by Crippen LogP contribution is -2.22. The smallest absolute Gasteiger partial charge is 0.251 e. The molecule has 0 aliphatic rings. The number of benzene rings is 2. The van der Waals surface area contributed by atoms with Crippen molar-refractivity contribution in [3.63, 3.8) is 0 Å². The number of carbonyl (C=O) groups excluding carboxylic acids is 1. The molecule has 0 saturated heterocycles. The third kappa shape index (κ3) is 3.66. The molecular weight excluding hydrogens is 340 g/mol. The molecule has 24 heavy (non-hydrogen) atoms. The highest BCUT2D eigenvalue weighted by Crippen LogP contribution is 2.32. The summed E-state index contributed by atoms with van der Waals surface area (Å²) in [5, 5.41) is 4.51. The Kier molecular flexibility index (Phi) is 4.97. The van der Waals surface area contributed by atoms with E-state index in [0.29, 0.717) is 17.1 Å². The first-order valence-electron chi connectivity index (χ1n) is 7.60. The second kappa shape index (κ2) is 7.16. The van der Waals surface area contributed by atoms with Crippen molar-refractivity contribution in [1.82, 2.24) is 10.3 Å².